The van der Waals surface area contributed by atoms with E-state index in [1.165, 1.54) is 4.90 Å². The molecule has 1 aliphatic rings. The van der Waals surface area contributed by atoms with E-state index in [1.54, 1.807) is 12.1 Å². The molecule has 1 N–H and O–H groups in total. The van der Waals surface area contributed by atoms with Crippen molar-refractivity contribution in [3.05, 3.63) is 52.4 Å². The fraction of sp³-hybridized carbons (Fsp3) is 0.316. The van der Waals surface area contributed by atoms with E-state index in [2.05, 4.69) is 21.2 Å². The molecule has 1 aliphatic heterocycles. The molecular formula is C19H19BrN2O5. The first-order valence-electron chi connectivity index (χ1n) is 8.61. The number of likely N-dealkylation sites (tertiary alicyclic amines) is 1. The van der Waals surface area contributed by atoms with Crippen LogP contribution in [0.15, 0.2) is 45.3 Å². The summed E-state index contributed by atoms with van der Waals surface area (Å²) in [5.74, 6) is 0.782. The predicted octanol–water partition coefficient (Wildman–Crippen LogP) is 2.89. The number of amides is 3. The summed E-state index contributed by atoms with van der Waals surface area (Å²) in [6, 6.07) is 10.7. The van der Waals surface area contributed by atoms with Crippen LogP contribution in [0.3, 0.4) is 0 Å². The number of carbonyl (C=O) groups excluding carboxylic acids is 3. The molecule has 1 aromatic carbocycles. The third-order valence-electron chi connectivity index (χ3n) is 4.06. The highest BCUT2D eigenvalue weighted by Crippen LogP contribution is 2.19. The number of hydrogen-bond acceptors (Lipinski definition) is 5. The Labute approximate surface area is 164 Å². The van der Waals surface area contributed by atoms with Crippen molar-refractivity contribution in [1.29, 1.82) is 0 Å². The standard InChI is InChI=1S/C19H19BrN2O5/c20-13-3-1-4-14(11-13)26-12-15-5-6-16(27-15)19(25)21-9-2-10-22-17(23)7-8-18(22)24/h1,3-6,11H,2,7-10,12H2,(H,21,25). The summed E-state index contributed by atoms with van der Waals surface area (Å²) in [4.78, 5) is 36.4. The van der Waals surface area contributed by atoms with E-state index in [9.17, 15) is 14.4 Å². The van der Waals surface area contributed by atoms with E-state index in [4.69, 9.17) is 9.15 Å². The van der Waals surface area contributed by atoms with Gasteiger partial charge in [0.1, 0.15) is 18.1 Å². The summed E-state index contributed by atoms with van der Waals surface area (Å²) in [5.41, 5.74) is 0. The van der Waals surface area contributed by atoms with Crippen LogP contribution in [0.4, 0.5) is 0 Å². The number of benzene rings is 1. The fourth-order valence-electron chi connectivity index (χ4n) is 2.69. The van der Waals surface area contributed by atoms with Crippen molar-refractivity contribution in [3.8, 4) is 5.75 Å². The Morgan fingerprint density at radius 1 is 1.19 bits per heavy atom. The zero-order valence-electron chi connectivity index (χ0n) is 14.6. The smallest absolute Gasteiger partial charge is 0.286 e. The van der Waals surface area contributed by atoms with Crippen LogP contribution in [0.25, 0.3) is 0 Å². The maximum absolute atomic E-state index is 12.1. The summed E-state index contributed by atoms with van der Waals surface area (Å²) < 4.78 is 12.0. The Kier molecular flexibility index (Phi) is 6.28. The van der Waals surface area contributed by atoms with Crippen LogP contribution in [0.5, 0.6) is 5.75 Å². The van der Waals surface area contributed by atoms with E-state index >= 15 is 0 Å². The molecule has 1 aromatic heterocycles. The summed E-state index contributed by atoms with van der Waals surface area (Å²) in [6.45, 7) is 0.880. The number of nitrogens with one attached hydrogen (secondary N) is 1. The highest BCUT2D eigenvalue weighted by atomic mass is 79.9. The summed E-state index contributed by atoms with van der Waals surface area (Å²) in [7, 11) is 0. The van der Waals surface area contributed by atoms with Crippen molar-refractivity contribution in [3.63, 3.8) is 0 Å². The fourth-order valence-corrected chi connectivity index (χ4v) is 3.07. The number of carbonyl (C=O) groups is 3. The number of imide groups is 1. The summed E-state index contributed by atoms with van der Waals surface area (Å²) in [6.07, 6.45) is 1.06. The van der Waals surface area contributed by atoms with E-state index in [0.717, 1.165) is 4.47 Å². The third-order valence-corrected chi connectivity index (χ3v) is 4.55. The highest BCUT2D eigenvalue weighted by Gasteiger charge is 2.27. The van der Waals surface area contributed by atoms with Crippen molar-refractivity contribution in [1.82, 2.24) is 10.2 Å². The van der Waals surface area contributed by atoms with Gasteiger partial charge in [-0.3, -0.25) is 19.3 Å². The van der Waals surface area contributed by atoms with Crippen LogP contribution in [-0.2, 0) is 16.2 Å². The van der Waals surface area contributed by atoms with Crippen LogP contribution in [0, 0.1) is 0 Å². The van der Waals surface area contributed by atoms with E-state index in [0.29, 0.717) is 31.0 Å². The van der Waals surface area contributed by atoms with Crippen LogP contribution in [0.1, 0.15) is 35.6 Å². The molecule has 0 spiro atoms. The van der Waals surface area contributed by atoms with Crippen LogP contribution >= 0.6 is 15.9 Å². The SMILES string of the molecule is O=C(NCCCN1C(=O)CCC1=O)c1ccc(COc2cccc(Br)c2)o1. The normalized spacial score (nSPS) is 13.9. The molecule has 0 radical (unpaired) electrons. The Bertz CT molecular complexity index is 832. The second kappa shape index (κ2) is 8.85. The van der Waals surface area contributed by atoms with Gasteiger partial charge in [-0.05, 0) is 36.8 Å². The first kappa shape index (κ1) is 19.2. The van der Waals surface area contributed by atoms with Gasteiger partial charge in [0.15, 0.2) is 5.76 Å². The lowest BCUT2D eigenvalue weighted by atomic mass is 10.3. The summed E-state index contributed by atoms with van der Waals surface area (Å²) >= 11 is 3.37. The Morgan fingerprint density at radius 2 is 1.96 bits per heavy atom. The van der Waals surface area contributed by atoms with Crippen molar-refractivity contribution in [2.75, 3.05) is 13.1 Å². The van der Waals surface area contributed by atoms with E-state index in [1.807, 2.05) is 24.3 Å². The first-order valence-corrected chi connectivity index (χ1v) is 9.41. The zero-order chi connectivity index (χ0) is 19.2. The number of nitrogens with zero attached hydrogens (tertiary/aromatic N) is 1. The summed E-state index contributed by atoms with van der Waals surface area (Å²) in [5, 5.41) is 2.72. The molecule has 7 nitrogen and oxygen atoms in total. The Morgan fingerprint density at radius 3 is 2.70 bits per heavy atom. The van der Waals surface area contributed by atoms with E-state index < -0.39 is 0 Å². The lowest BCUT2D eigenvalue weighted by Crippen LogP contribution is -2.33. The lowest BCUT2D eigenvalue weighted by Gasteiger charge is -2.13. The van der Waals surface area contributed by atoms with Crippen LogP contribution in [0.2, 0.25) is 0 Å². The quantitative estimate of drug-likeness (QED) is 0.509. The van der Waals surface area contributed by atoms with Gasteiger partial charge in [0, 0.05) is 30.4 Å². The second-order valence-electron chi connectivity index (χ2n) is 6.06. The Hall–Kier alpha value is -2.61. The van der Waals surface area contributed by atoms with Crippen molar-refractivity contribution < 1.29 is 23.5 Å². The number of hydrogen-bond donors (Lipinski definition) is 1. The van der Waals surface area contributed by atoms with Gasteiger partial charge in [-0.1, -0.05) is 22.0 Å². The molecule has 0 saturated carbocycles. The van der Waals surface area contributed by atoms with Gasteiger partial charge in [0.2, 0.25) is 11.8 Å². The molecule has 0 bridgehead atoms. The van der Waals surface area contributed by atoms with Gasteiger partial charge in [-0.2, -0.15) is 0 Å². The molecule has 0 unspecified atom stereocenters. The maximum Gasteiger partial charge on any atom is 0.286 e. The number of rotatable bonds is 8. The van der Waals surface area contributed by atoms with Crippen molar-refractivity contribution in [2.24, 2.45) is 0 Å². The van der Waals surface area contributed by atoms with Crippen molar-refractivity contribution >= 4 is 33.7 Å². The van der Waals surface area contributed by atoms with Gasteiger partial charge in [-0.15, -0.1) is 0 Å². The molecule has 2 heterocycles. The van der Waals surface area contributed by atoms with Crippen LogP contribution < -0.4 is 10.1 Å². The molecule has 0 aliphatic carbocycles. The minimum absolute atomic E-state index is 0.146. The maximum atomic E-state index is 12.1. The predicted molar refractivity (Wildman–Crippen MR) is 100 cm³/mol. The molecule has 1 fully saturated rings. The van der Waals surface area contributed by atoms with Gasteiger partial charge < -0.3 is 14.5 Å². The Balaban J connectivity index is 1.41. The highest BCUT2D eigenvalue weighted by molar-refractivity contribution is 9.10. The lowest BCUT2D eigenvalue weighted by molar-refractivity contribution is -0.138. The molecule has 27 heavy (non-hydrogen) atoms. The van der Waals surface area contributed by atoms with Crippen molar-refractivity contribution in [2.45, 2.75) is 25.9 Å². The largest absolute Gasteiger partial charge is 0.486 e. The minimum atomic E-state index is -0.345. The molecule has 2 aromatic rings. The number of furan rings is 1. The van der Waals surface area contributed by atoms with Crippen LogP contribution in [-0.4, -0.2) is 35.7 Å². The third kappa shape index (κ3) is 5.19. The molecule has 3 amide bonds. The molecular weight excluding hydrogens is 416 g/mol. The topological polar surface area (TPSA) is 88.9 Å². The molecule has 3 rings (SSSR count). The van der Waals surface area contributed by atoms with Gasteiger partial charge >= 0.3 is 0 Å². The molecule has 1 saturated heterocycles. The van der Waals surface area contributed by atoms with Gasteiger partial charge in [0.25, 0.3) is 5.91 Å². The zero-order valence-corrected chi connectivity index (χ0v) is 16.2. The minimum Gasteiger partial charge on any atom is -0.486 e. The van der Waals surface area contributed by atoms with Gasteiger partial charge in [-0.25, -0.2) is 0 Å². The molecule has 8 heteroatoms. The number of ether oxygens (including phenoxy) is 1. The molecule has 0 atom stereocenters. The average molecular weight is 435 g/mol. The monoisotopic (exact) mass is 434 g/mol. The second-order valence-corrected chi connectivity index (χ2v) is 6.98. The average Bonchev–Trinajstić information content (AvgIpc) is 3.25. The molecule has 142 valence electrons. The van der Waals surface area contributed by atoms with E-state index in [-0.39, 0.29) is 42.9 Å². The number of halogens is 1. The first-order chi connectivity index (χ1) is 13.0. The van der Waals surface area contributed by atoms with Gasteiger partial charge in [0.05, 0.1) is 0 Å².